The Morgan fingerprint density at radius 2 is 2.22 bits per heavy atom. The molecule has 2 unspecified atom stereocenters. The molecule has 1 heterocycles. The van der Waals surface area contributed by atoms with Gasteiger partial charge < -0.3 is 0 Å². The van der Waals surface area contributed by atoms with Gasteiger partial charge in [0.2, 0.25) is 0 Å². The van der Waals surface area contributed by atoms with Crippen molar-refractivity contribution < 1.29 is 0 Å². The third-order valence-corrected chi connectivity index (χ3v) is 4.49. The van der Waals surface area contributed by atoms with Gasteiger partial charge in [-0.2, -0.15) is 5.26 Å². The van der Waals surface area contributed by atoms with Gasteiger partial charge in [-0.05, 0) is 55.3 Å². The van der Waals surface area contributed by atoms with Gasteiger partial charge in [-0.1, -0.05) is 19.1 Å². The highest BCUT2D eigenvalue weighted by Crippen LogP contribution is 2.38. The quantitative estimate of drug-likeness (QED) is 0.753. The second kappa shape index (κ2) is 4.74. The van der Waals surface area contributed by atoms with Crippen LogP contribution in [0.4, 0.5) is 0 Å². The fourth-order valence-electron chi connectivity index (χ4n) is 3.63. The van der Waals surface area contributed by atoms with Crippen molar-refractivity contribution in [2.45, 2.75) is 38.6 Å². The zero-order valence-electron chi connectivity index (χ0n) is 11.0. The summed E-state index contributed by atoms with van der Waals surface area (Å²) in [6.45, 7) is 4.81. The molecule has 1 aliphatic carbocycles. The van der Waals surface area contributed by atoms with Crippen molar-refractivity contribution in [1.82, 2.24) is 4.90 Å². The monoisotopic (exact) mass is 240 g/mol. The van der Waals surface area contributed by atoms with Gasteiger partial charge in [-0.15, -0.1) is 0 Å². The van der Waals surface area contributed by atoms with E-state index < -0.39 is 0 Å². The maximum Gasteiger partial charge on any atom is 0.0994 e. The van der Waals surface area contributed by atoms with Gasteiger partial charge >= 0.3 is 0 Å². The number of fused-ring (bicyclic) bond motifs is 1. The van der Waals surface area contributed by atoms with Crippen LogP contribution in [0.25, 0.3) is 0 Å². The molecule has 0 bridgehead atoms. The maximum atomic E-state index is 9.18. The first kappa shape index (κ1) is 11.7. The summed E-state index contributed by atoms with van der Waals surface area (Å²) in [4.78, 5) is 2.64. The molecule has 0 N–H and O–H groups in total. The van der Waals surface area contributed by atoms with Crippen LogP contribution in [0.3, 0.4) is 0 Å². The van der Waals surface area contributed by atoms with Crippen LogP contribution in [0.5, 0.6) is 0 Å². The van der Waals surface area contributed by atoms with E-state index in [1.54, 1.807) is 0 Å². The molecule has 94 valence electrons. The topological polar surface area (TPSA) is 27.0 Å². The maximum absolute atomic E-state index is 9.18. The van der Waals surface area contributed by atoms with Gasteiger partial charge in [0.1, 0.15) is 0 Å². The molecular formula is C16H20N2. The highest BCUT2D eigenvalue weighted by molar-refractivity contribution is 5.46. The van der Waals surface area contributed by atoms with Crippen molar-refractivity contribution in [3.63, 3.8) is 0 Å². The lowest BCUT2D eigenvalue weighted by Gasteiger charge is -2.36. The highest BCUT2D eigenvalue weighted by atomic mass is 15.2. The molecule has 3 rings (SSSR count). The number of hydrogen-bond acceptors (Lipinski definition) is 2. The lowest BCUT2D eigenvalue weighted by atomic mass is 9.96. The summed E-state index contributed by atoms with van der Waals surface area (Å²) < 4.78 is 0. The molecule has 2 aliphatic rings. The third kappa shape index (κ3) is 1.93. The number of piperidine rings is 1. The zero-order valence-corrected chi connectivity index (χ0v) is 11.0. The van der Waals surface area contributed by atoms with Crippen LogP contribution in [-0.4, -0.2) is 18.0 Å². The van der Waals surface area contributed by atoms with Gasteiger partial charge in [0.15, 0.2) is 0 Å². The van der Waals surface area contributed by atoms with Gasteiger partial charge in [0.05, 0.1) is 11.6 Å². The molecule has 0 amide bonds. The summed E-state index contributed by atoms with van der Waals surface area (Å²) in [6.07, 6.45) is 4.97. The smallest absolute Gasteiger partial charge is 0.0994 e. The summed E-state index contributed by atoms with van der Waals surface area (Å²) in [6, 6.07) is 9.14. The molecule has 2 nitrogen and oxygen atoms in total. The van der Waals surface area contributed by atoms with Crippen LogP contribution in [0, 0.1) is 17.2 Å². The van der Waals surface area contributed by atoms with Crippen LogP contribution < -0.4 is 0 Å². The number of nitriles is 1. The molecule has 0 aromatic heterocycles. The highest BCUT2D eigenvalue weighted by Gasteiger charge is 2.31. The largest absolute Gasteiger partial charge is 0.296 e. The van der Waals surface area contributed by atoms with E-state index in [0.29, 0.717) is 6.04 Å². The van der Waals surface area contributed by atoms with E-state index in [1.165, 1.54) is 43.5 Å². The van der Waals surface area contributed by atoms with E-state index in [9.17, 15) is 5.26 Å². The van der Waals surface area contributed by atoms with Gasteiger partial charge in [-0.25, -0.2) is 0 Å². The first-order valence-corrected chi connectivity index (χ1v) is 7.05. The summed E-state index contributed by atoms with van der Waals surface area (Å²) in [5.74, 6) is 0.821. The van der Waals surface area contributed by atoms with E-state index in [-0.39, 0.29) is 0 Å². The molecule has 2 atom stereocenters. The van der Waals surface area contributed by atoms with Crippen LogP contribution in [0.1, 0.15) is 48.9 Å². The number of rotatable bonds is 1. The predicted octanol–water partition coefficient (Wildman–Crippen LogP) is 3.28. The Balaban J connectivity index is 1.88. The van der Waals surface area contributed by atoms with Crippen LogP contribution >= 0.6 is 0 Å². The Labute approximate surface area is 109 Å². The van der Waals surface area contributed by atoms with Gasteiger partial charge in [-0.3, -0.25) is 4.90 Å². The Kier molecular flexibility index (Phi) is 3.09. The molecule has 1 aliphatic heterocycles. The van der Waals surface area contributed by atoms with Crippen LogP contribution in [-0.2, 0) is 6.42 Å². The minimum atomic E-state index is 0.566. The van der Waals surface area contributed by atoms with E-state index >= 15 is 0 Å². The first-order valence-electron chi connectivity index (χ1n) is 7.05. The van der Waals surface area contributed by atoms with Crippen molar-refractivity contribution in [3.8, 4) is 6.07 Å². The summed E-state index contributed by atoms with van der Waals surface area (Å²) in [7, 11) is 0. The molecule has 2 heteroatoms. The fourth-order valence-corrected chi connectivity index (χ4v) is 3.63. The Bertz CT molecular complexity index is 486. The minimum absolute atomic E-state index is 0.566. The summed E-state index contributed by atoms with van der Waals surface area (Å²) >= 11 is 0. The Hall–Kier alpha value is -1.33. The van der Waals surface area contributed by atoms with E-state index in [1.807, 2.05) is 12.1 Å². The zero-order chi connectivity index (χ0) is 12.5. The van der Waals surface area contributed by atoms with Crippen LogP contribution in [0.15, 0.2) is 18.2 Å². The second-order valence-corrected chi connectivity index (χ2v) is 5.78. The molecule has 1 aromatic carbocycles. The number of benzene rings is 1. The summed E-state index contributed by atoms with van der Waals surface area (Å²) in [5, 5.41) is 9.18. The standard InChI is InChI=1S/C16H20N2/c1-12-4-3-9-18(11-12)16-8-7-14-13(10-17)5-2-6-15(14)16/h2,5-6,12,16H,3-4,7-9,11H2,1H3. The molecule has 0 saturated carbocycles. The van der Waals surface area contributed by atoms with Crippen LogP contribution in [0.2, 0.25) is 0 Å². The lowest BCUT2D eigenvalue weighted by Crippen LogP contribution is -2.36. The van der Waals surface area contributed by atoms with E-state index in [0.717, 1.165) is 17.9 Å². The Morgan fingerprint density at radius 1 is 1.33 bits per heavy atom. The van der Waals surface area contributed by atoms with Crippen molar-refractivity contribution in [3.05, 3.63) is 34.9 Å². The van der Waals surface area contributed by atoms with Crippen molar-refractivity contribution in [1.29, 1.82) is 5.26 Å². The van der Waals surface area contributed by atoms with Gasteiger partial charge in [0.25, 0.3) is 0 Å². The molecule has 1 saturated heterocycles. The van der Waals surface area contributed by atoms with Crippen molar-refractivity contribution in [2.24, 2.45) is 5.92 Å². The molecule has 0 radical (unpaired) electrons. The lowest BCUT2D eigenvalue weighted by molar-refractivity contribution is 0.129. The third-order valence-electron chi connectivity index (χ3n) is 4.49. The SMILES string of the molecule is CC1CCCN(C2CCc3c(C#N)cccc32)C1. The number of likely N-dealkylation sites (tertiary alicyclic amines) is 1. The average Bonchev–Trinajstić information content (AvgIpc) is 2.82. The molecule has 1 aromatic rings. The van der Waals surface area contributed by atoms with E-state index in [2.05, 4.69) is 24.0 Å². The predicted molar refractivity (Wildman–Crippen MR) is 72.2 cm³/mol. The fraction of sp³-hybridized carbons (Fsp3) is 0.562. The van der Waals surface area contributed by atoms with Crippen molar-refractivity contribution >= 4 is 0 Å². The summed E-state index contributed by atoms with van der Waals surface area (Å²) in [5.41, 5.74) is 3.62. The van der Waals surface area contributed by atoms with Crippen molar-refractivity contribution in [2.75, 3.05) is 13.1 Å². The molecular weight excluding hydrogens is 220 g/mol. The molecule has 0 spiro atoms. The normalized spacial score (nSPS) is 27.8. The number of hydrogen-bond donors (Lipinski definition) is 0. The Morgan fingerprint density at radius 3 is 3.00 bits per heavy atom. The van der Waals surface area contributed by atoms with Gasteiger partial charge in [0, 0.05) is 12.6 Å². The minimum Gasteiger partial charge on any atom is -0.296 e. The molecule has 1 fully saturated rings. The average molecular weight is 240 g/mol. The second-order valence-electron chi connectivity index (χ2n) is 5.78. The number of nitrogens with zero attached hydrogens (tertiary/aromatic N) is 2. The molecule has 18 heavy (non-hydrogen) atoms. The van der Waals surface area contributed by atoms with E-state index in [4.69, 9.17) is 0 Å². The first-order chi connectivity index (χ1) is 8.79.